The number of benzene rings is 2. The Labute approximate surface area is 167 Å². The molecule has 6 nitrogen and oxygen atoms in total. The molecule has 1 aliphatic heterocycles. The van der Waals surface area contributed by atoms with E-state index in [1.54, 1.807) is 16.7 Å². The minimum atomic E-state index is -0.100. The summed E-state index contributed by atoms with van der Waals surface area (Å²) in [6.45, 7) is 3.11. The second kappa shape index (κ2) is 8.06. The number of nitrogens with zero attached hydrogens (tertiary/aromatic N) is 3. The predicted molar refractivity (Wildman–Crippen MR) is 109 cm³/mol. The zero-order valence-electron chi connectivity index (χ0n) is 15.8. The molecule has 0 spiro atoms. The maximum Gasteiger partial charge on any atom is 0.232 e. The van der Waals surface area contributed by atoms with E-state index in [0.29, 0.717) is 31.3 Å². The maximum absolute atomic E-state index is 12.5. The van der Waals surface area contributed by atoms with Crippen LogP contribution in [-0.4, -0.2) is 35.5 Å². The zero-order valence-corrected chi connectivity index (χ0v) is 16.6. The van der Waals surface area contributed by atoms with Gasteiger partial charge in [0.2, 0.25) is 17.6 Å². The molecule has 1 atom stereocenters. The highest BCUT2D eigenvalue weighted by Crippen LogP contribution is 2.32. The highest BCUT2D eigenvalue weighted by atomic mass is 32.2. The normalized spacial score (nSPS) is 16.6. The average Bonchev–Trinajstić information content (AvgIpc) is 3.36. The number of ether oxygens (including phenoxy) is 1. The lowest BCUT2D eigenvalue weighted by molar-refractivity contribution is -0.117. The standard InChI is InChI=1S/C21H21N3O3S/c1-3-26-17-8-4-14(5-9-17)20-22-21(27-23-20)15-12-19(25)24(13-15)16-6-10-18(28-2)11-7-16/h4-11,15H,3,12-13H2,1-2H3. The lowest BCUT2D eigenvalue weighted by Gasteiger charge is -2.16. The van der Waals surface area contributed by atoms with Gasteiger partial charge in [-0.05, 0) is 61.7 Å². The first-order chi connectivity index (χ1) is 13.7. The number of carbonyl (C=O) groups is 1. The largest absolute Gasteiger partial charge is 0.494 e. The van der Waals surface area contributed by atoms with Gasteiger partial charge in [-0.3, -0.25) is 4.79 Å². The van der Waals surface area contributed by atoms with Crippen LogP contribution < -0.4 is 9.64 Å². The molecule has 0 radical (unpaired) electrons. The first-order valence-electron chi connectivity index (χ1n) is 9.19. The summed E-state index contributed by atoms with van der Waals surface area (Å²) in [4.78, 5) is 20.0. The summed E-state index contributed by atoms with van der Waals surface area (Å²) in [5, 5.41) is 4.09. The molecule has 2 heterocycles. The number of hydrogen-bond donors (Lipinski definition) is 0. The summed E-state index contributed by atoms with van der Waals surface area (Å²) < 4.78 is 10.9. The number of thioether (sulfide) groups is 1. The van der Waals surface area contributed by atoms with Crippen LogP contribution >= 0.6 is 11.8 Å². The van der Waals surface area contributed by atoms with E-state index in [1.807, 2.05) is 61.7 Å². The molecule has 1 aliphatic rings. The molecule has 0 N–H and O–H groups in total. The summed E-state index contributed by atoms with van der Waals surface area (Å²) >= 11 is 1.68. The molecular weight excluding hydrogens is 374 g/mol. The smallest absolute Gasteiger partial charge is 0.232 e. The Morgan fingerprint density at radius 2 is 1.93 bits per heavy atom. The van der Waals surface area contributed by atoms with Crippen LogP contribution in [0.25, 0.3) is 11.4 Å². The van der Waals surface area contributed by atoms with Crippen molar-refractivity contribution in [1.82, 2.24) is 10.1 Å². The highest BCUT2D eigenvalue weighted by Gasteiger charge is 2.35. The molecule has 1 aromatic heterocycles. The zero-order chi connectivity index (χ0) is 19.5. The van der Waals surface area contributed by atoms with E-state index in [2.05, 4.69) is 10.1 Å². The molecule has 0 aliphatic carbocycles. The van der Waals surface area contributed by atoms with Crippen molar-refractivity contribution in [3.05, 3.63) is 54.4 Å². The molecule has 3 aromatic rings. The van der Waals surface area contributed by atoms with Crippen LogP contribution in [-0.2, 0) is 4.79 Å². The Hall–Kier alpha value is -2.80. The molecule has 0 saturated carbocycles. The monoisotopic (exact) mass is 395 g/mol. The number of aromatic nitrogens is 2. The van der Waals surface area contributed by atoms with Gasteiger partial charge in [0.15, 0.2) is 0 Å². The number of amides is 1. The van der Waals surface area contributed by atoms with Crippen molar-refractivity contribution in [3.8, 4) is 17.1 Å². The number of anilines is 1. The van der Waals surface area contributed by atoms with E-state index in [0.717, 1.165) is 17.0 Å². The summed E-state index contributed by atoms with van der Waals surface area (Å²) in [6.07, 6.45) is 2.40. The Morgan fingerprint density at radius 3 is 2.61 bits per heavy atom. The van der Waals surface area contributed by atoms with Crippen molar-refractivity contribution in [3.63, 3.8) is 0 Å². The van der Waals surface area contributed by atoms with Crippen LogP contribution in [0.3, 0.4) is 0 Å². The van der Waals surface area contributed by atoms with Gasteiger partial charge in [0.25, 0.3) is 0 Å². The van der Waals surface area contributed by atoms with Crippen LogP contribution in [0.15, 0.2) is 57.9 Å². The van der Waals surface area contributed by atoms with Gasteiger partial charge >= 0.3 is 0 Å². The topological polar surface area (TPSA) is 68.5 Å². The van der Waals surface area contributed by atoms with Gasteiger partial charge < -0.3 is 14.2 Å². The Balaban J connectivity index is 1.48. The van der Waals surface area contributed by atoms with Gasteiger partial charge in [0.1, 0.15) is 5.75 Å². The Morgan fingerprint density at radius 1 is 1.18 bits per heavy atom. The Kier molecular flexibility index (Phi) is 5.34. The molecule has 2 aromatic carbocycles. The molecule has 1 amide bonds. The summed E-state index contributed by atoms with van der Waals surface area (Å²) in [5.74, 6) is 1.80. The summed E-state index contributed by atoms with van der Waals surface area (Å²) in [7, 11) is 0. The molecule has 7 heteroatoms. The van der Waals surface area contributed by atoms with Gasteiger partial charge in [0, 0.05) is 29.1 Å². The van der Waals surface area contributed by atoms with Gasteiger partial charge in [-0.2, -0.15) is 4.98 Å². The fourth-order valence-electron chi connectivity index (χ4n) is 3.27. The van der Waals surface area contributed by atoms with Crippen molar-refractivity contribution in [2.45, 2.75) is 24.2 Å². The first kappa shape index (κ1) is 18.6. The van der Waals surface area contributed by atoms with Gasteiger partial charge in [-0.1, -0.05) is 5.16 Å². The van der Waals surface area contributed by atoms with E-state index in [4.69, 9.17) is 9.26 Å². The maximum atomic E-state index is 12.5. The minimum absolute atomic E-state index is 0.0720. The fourth-order valence-corrected chi connectivity index (χ4v) is 3.68. The average molecular weight is 395 g/mol. The third-order valence-electron chi connectivity index (χ3n) is 4.72. The SMILES string of the molecule is CCOc1ccc(-c2noc(C3CC(=O)N(c4ccc(SC)cc4)C3)n2)cc1. The Bertz CT molecular complexity index is 954. The van der Waals surface area contributed by atoms with Crippen LogP contribution in [0, 0.1) is 0 Å². The van der Waals surface area contributed by atoms with Gasteiger partial charge in [0.05, 0.1) is 12.5 Å². The third kappa shape index (κ3) is 3.75. The van der Waals surface area contributed by atoms with Crippen molar-refractivity contribution in [2.24, 2.45) is 0 Å². The highest BCUT2D eigenvalue weighted by molar-refractivity contribution is 7.98. The van der Waals surface area contributed by atoms with Crippen molar-refractivity contribution in [2.75, 3.05) is 24.3 Å². The second-order valence-electron chi connectivity index (χ2n) is 6.52. The van der Waals surface area contributed by atoms with Crippen LogP contribution in [0.4, 0.5) is 5.69 Å². The lowest BCUT2D eigenvalue weighted by Crippen LogP contribution is -2.24. The van der Waals surface area contributed by atoms with E-state index in [-0.39, 0.29) is 11.8 Å². The van der Waals surface area contributed by atoms with Crippen LogP contribution in [0.2, 0.25) is 0 Å². The summed E-state index contributed by atoms with van der Waals surface area (Å²) in [5.41, 5.74) is 1.75. The molecule has 0 bridgehead atoms. The van der Waals surface area contributed by atoms with Crippen molar-refractivity contribution in [1.29, 1.82) is 0 Å². The van der Waals surface area contributed by atoms with Gasteiger partial charge in [-0.15, -0.1) is 11.8 Å². The van der Waals surface area contributed by atoms with Crippen molar-refractivity contribution >= 4 is 23.4 Å². The van der Waals surface area contributed by atoms with E-state index >= 15 is 0 Å². The summed E-state index contributed by atoms with van der Waals surface area (Å²) in [6, 6.07) is 15.6. The molecule has 1 saturated heterocycles. The third-order valence-corrected chi connectivity index (χ3v) is 5.47. The number of hydrogen-bond acceptors (Lipinski definition) is 6. The first-order valence-corrected chi connectivity index (χ1v) is 10.4. The molecular formula is C21H21N3O3S. The predicted octanol–water partition coefficient (Wildman–Crippen LogP) is 4.38. The quantitative estimate of drug-likeness (QED) is 0.577. The number of carbonyl (C=O) groups excluding carboxylic acids is 1. The second-order valence-corrected chi connectivity index (χ2v) is 7.40. The fraction of sp³-hybridized carbons (Fsp3) is 0.286. The molecule has 1 unspecified atom stereocenters. The van der Waals surface area contributed by atoms with Crippen LogP contribution in [0.5, 0.6) is 5.75 Å². The molecule has 144 valence electrons. The molecule has 1 fully saturated rings. The minimum Gasteiger partial charge on any atom is -0.494 e. The van der Waals surface area contributed by atoms with E-state index in [1.165, 1.54) is 4.90 Å². The van der Waals surface area contributed by atoms with Crippen LogP contribution in [0.1, 0.15) is 25.2 Å². The number of rotatable bonds is 6. The lowest BCUT2D eigenvalue weighted by atomic mass is 10.1. The molecule has 28 heavy (non-hydrogen) atoms. The molecule has 4 rings (SSSR count). The van der Waals surface area contributed by atoms with Crippen molar-refractivity contribution < 1.29 is 14.1 Å². The van der Waals surface area contributed by atoms with E-state index in [9.17, 15) is 4.79 Å². The van der Waals surface area contributed by atoms with Gasteiger partial charge in [-0.25, -0.2) is 0 Å². The van der Waals surface area contributed by atoms with E-state index < -0.39 is 0 Å².